The van der Waals surface area contributed by atoms with Crippen LogP contribution in [0.15, 0.2) is 31.0 Å². The molecule has 74 valence electrons. The van der Waals surface area contributed by atoms with Crippen molar-refractivity contribution >= 4 is 5.97 Å². The molecule has 0 saturated heterocycles. The van der Waals surface area contributed by atoms with E-state index in [9.17, 15) is 4.79 Å². The average Bonchev–Trinajstić information content (AvgIpc) is 2.30. The Morgan fingerprint density at radius 1 is 1.20 bits per heavy atom. The molecule has 0 radical (unpaired) electrons. The predicted molar refractivity (Wildman–Crippen MR) is 50.0 cm³/mol. The molecule has 0 aliphatic rings. The Morgan fingerprint density at radius 3 is 2.60 bits per heavy atom. The van der Waals surface area contributed by atoms with Crippen LogP contribution in [0.3, 0.4) is 0 Å². The Balaban J connectivity index is 2.58. The maximum absolute atomic E-state index is 10.9. The van der Waals surface area contributed by atoms with Gasteiger partial charge in [-0.2, -0.15) is 0 Å². The van der Waals surface area contributed by atoms with Crippen molar-refractivity contribution in [3.63, 3.8) is 0 Å². The minimum Gasteiger partial charge on any atom is -0.476 e. The number of carbonyl (C=O) groups is 1. The fourth-order valence-electron chi connectivity index (χ4n) is 1.13. The first kappa shape index (κ1) is 9.20. The van der Waals surface area contributed by atoms with Gasteiger partial charge in [0.1, 0.15) is 12.7 Å². The average molecular weight is 202 g/mol. The van der Waals surface area contributed by atoms with E-state index in [1.54, 1.807) is 12.1 Å². The van der Waals surface area contributed by atoms with Crippen LogP contribution >= 0.6 is 0 Å². The largest absolute Gasteiger partial charge is 0.476 e. The number of carboxylic acid groups (broad SMARTS) is 1. The molecule has 0 aromatic carbocycles. The monoisotopic (exact) mass is 202 g/mol. The first-order chi connectivity index (χ1) is 7.29. The molecular formula is C9H6N4O2. The van der Waals surface area contributed by atoms with Crippen molar-refractivity contribution in [2.45, 2.75) is 0 Å². The number of aromatic carboxylic acids is 1. The van der Waals surface area contributed by atoms with Crippen molar-refractivity contribution in [3.05, 3.63) is 36.7 Å². The summed E-state index contributed by atoms with van der Waals surface area (Å²) in [6.07, 6.45) is 4.02. The number of hydrogen-bond acceptors (Lipinski definition) is 5. The molecule has 6 nitrogen and oxygen atoms in total. The molecule has 1 N–H and O–H groups in total. The van der Waals surface area contributed by atoms with Gasteiger partial charge in [0.05, 0.1) is 5.56 Å². The summed E-state index contributed by atoms with van der Waals surface area (Å²) < 4.78 is 0. The Labute approximate surface area is 84.7 Å². The van der Waals surface area contributed by atoms with Gasteiger partial charge in [-0.3, -0.25) is 0 Å². The third-order valence-corrected chi connectivity index (χ3v) is 1.74. The summed E-state index contributed by atoms with van der Waals surface area (Å²) >= 11 is 0. The molecule has 0 saturated carbocycles. The van der Waals surface area contributed by atoms with Gasteiger partial charge in [0, 0.05) is 6.20 Å². The van der Waals surface area contributed by atoms with E-state index in [2.05, 4.69) is 19.9 Å². The topological polar surface area (TPSA) is 88.9 Å². The molecule has 15 heavy (non-hydrogen) atoms. The summed E-state index contributed by atoms with van der Waals surface area (Å²) in [6, 6.07) is 3.23. The summed E-state index contributed by atoms with van der Waals surface area (Å²) in [4.78, 5) is 26.0. The smallest absolute Gasteiger partial charge is 0.355 e. The summed E-state index contributed by atoms with van der Waals surface area (Å²) in [7, 11) is 0. The first-order valence-corrected chi connectivity index (χ1v) is 4.09. The lowest BCUT2D eigenvalue weighted by molar-refractivity contribution is 0.0691. The van der Waals surface area contributed by atoms with E-state index < -0.39 is 5.97 Å². The van der Waals surface area contributed by atoms with Crippen LogP contribution in [0, 0.1) is 0 Å². The molecule has 0 unspecified atom stereocenters. The van der Waals surface area contributed by atoms with E-state index in [-0.39, 0.29) is 5.69 Å². The van der Waals surface area contributed by atoms with Crippen LogP contribution in [0.4, 0.5) is 0 Å². The predicted octanol–water partition coefficient (Wildman–Crippen LogP) is 0.632. The van der Waals surface area contributed by atoms with Crippen LogP contribution in [0.25, 0.3) is 11.4 Å². The number of rotatable bonds is 2. The van der Waals surface area contributed by atoms with Gasteiger partial charge in [0.25, 0.3) is 0 Å². The van der Waals surface area contributed by atoms with Crippen LogP contribution < -0.4 is 0 Å². The van der Waals surface area contributed by atoms with E-state index in [0.717, 1.165) is 0 Å². The summed E-state index contributed by atoms with van der Waals surface area (Å²) in [6.45, 7) is 0. The molecule has 0 amide bonds. The number of nitrogens with zero attached hydrogens (tertiary/aromatic N) is 4. The highest BCUT2D eigenvalue weighted by molar-refractivity contribution is 5.92. The zero-order valence-electron chi connectivity index (χ0n) is 7.53. The molecular weight excluding hydrogens is 196 g/mol. The number of aromatic nitrogens is 4. The Morgan fingerprint density at radius 2 is 1.93 bits per heavy atom. The number of hydrogen-bond donors (Lipinski definition) is 1. The van der Waals surface area contributed by atoms with Gasteiger partial charge in [-0.25, -0.2) is 24.7 Å². The first-order valence-electron chi connectivity index (χ1n) is 4.09. The zero-order chi connectivity index (χ0) is 10.7. The quantitative estimate of drug-likeness (QED) is 0.768. The maximum atomic E-state index is 10.9. The third-order valence-electron chi connectivity index (χ3n) is 1.74. The van der Waals surface area contributed by atoms with E-state index in [0.29, 0.717) is 11.4 Å². The summed E-state index contributed by atoms with van der Waals surface area (Å²) in [5.74, 6) is -0.804. The highest BCUT2D eigenvalue weighted by Crippen LogP contribution is 2.16. The van der Waals surface area contributed by atoms with Crippen molar-refractivity contribution in [3.8, 4) is 11.4 Å². The lowest BCUT2D eigenvalue weighted by Gasteiger charge is -2.01. The lowest BCUT2D eigenvalue weighted by Crippen LogP contribution is -2.04. The fraction of sp³-hybridized carbons (Fsp3) is 0. The maximum Gasteiger partial charge on any atom is 0.355 e. The molecule has 0 fully saturated rings. The Bertz CT molecular complexity index is 486. The highest BCUT2D eigenvalue weighted by atomic mass is 16.4. The van der Waals surface area contributed by atoms with E-state index in [1.807, 2.05) is 0 Å². The molecule has 2 aromatic heterocycles. The molecule has 0 bridgehead atoms. The molecule has 0 aliphatic carbocycles. The normalized spacial score (nSPS) is 9.87. The van der Waals surface area contributed by atoms with Crippen molar-refractivity contribution in [2.24, 2.45) is 0 Å². The molecule has 0 atom stereocenters. The van der Waals surface area contributed by atoms with Gasteiger partial charge in [0.15, 0.2) is 11.5 Å². The molecule has 2 heterocycles. The Kier molecular flexibility index (Phi) is 2.32. The van der Waals surface area contributed by atoms with Crippen molar-refractivity contribution in [2.75, 3.05) is 0 Å². The van der Waals surface area contributed by atoms with E-state index >= 15 is 0 Å². The molecule has 2 aromatic rings. The van der Waals surface area contributed by atoms with Crippen LogP contribution in [0.1, 0.15) is 10.5 Å². The lowest BCUT2D eigenvalue weighted by atomic mass is 10.2. The van der Waals surface area contributed by atoms with Crippen molar-refractivity contribution < 1.29 is 9.90 Å². The van der Waals surface area contributed by atoms with Crippen LogP contribution in [0.5, 0.6) is 0 Å². The highest BCUT2D eigenvalue weighted by Gasteiger charge is 2.13. The fourth-order valence-corrected chi connectivity index (χ4v) is 1.13. The minimum atomic E-state index is -1.11. The van der Waals surface area contributed by atoms with Crippen LogP contribution in [-0.4, -0.2) is 31.0 Å². The van der Waals surface area contributed by atoms with E-state index in [1.165, 1.54) is 18.9 Å². The molecule has 0 aliphatic heterocycles. The third kappa shape index (κ3) is 1.78. The van der Waals surface area contributed by atoms with Gasteiger partial charge in [-0.1, -0.05) is 0 Å². The molecule has 2 rings (SSSR count). The van der Waals surface area contributed by atoms with Gasteiger partial charge >= 0.3 is 5.97 Å². The SMILES string of the molecule is O=C(O)c1ncccc1-c1ncncn1. The van der Waals surface area contributed by atoms with Crippen molar-refractivity contribution in [1.82, 2.24) is 19.9 Å². The van der Waals surface area contributed by atoms with Crippen LogP contribution in [0.2, 0.25) is 0 Å². The summed E-state index contributed by atoms with van der Waals surface area (Å²) in [5, 5.41) is 8.89. The molecule has 0 spiro atoms. The number of carboxylic acids is 1. The Hall–Kier alpha value is -2.37. The summed E-state index contributed by atoms with van der Waals surface area (Å²) in [5.41, 5.74) is 0.316. The van der Waals surface area contributed by atoms with Crippen LogP contribution in [-0.2, 0) is 0 Å². The molecule has 6 heteroatoms. The van der Waals surface area contributed by atoms with Gasteiger partial charge < -0.3 is 5.11 Å². The second kappa shape index (κ2) is 3.79. The second-order valence-electron chi connectivity index (χ2n) is 2.67. The standard InChI is InChI=1S/C9H6N4O2/c14-9(15)7-6(2-1-3-11-7)8-12-4-10-5-13-8/h1-5H,(H,14,15). The van der Waals surface area contributed by atoms with Gasteiger partial charge in [0.2, 0.25) is 0 Å². The second-order valence-corrected chi connectivity index (χ2v) is 2.67. The van der Waals surface area contributed by atoms with Gasteiger partial charge in [-0.05, 0) is 12.1 Å². The van der Waals surface area contributed by atoms with E-state index in [4.69, 9.17) is 5.11 Å². The minimum absolute atomic E-state index is 0.0660. The van der Waals surface area contributed by atoms with Gasteiger partial charge in [-0.15, -0.1) is 0 Å². The van der Waals surface area contributed by atoms with Crippen molar-refractivity contribution in [1.29, 1.82) is 0 Å². The zero-order valence-corrected chi connectivity index (χ0v) is 7.53. The number of pyridine rings is 1.